The molecule has 0 bridgehead atoms. The molecule has 1 fully saturated rings. The van der Waals surface area contributed by atoms with Gasteiger partial charge in [-0.1, -0.05) is 41.9 Å². The highest BCUT2D eigenvalue weighted by atomic mass is 35.5. The van der Waals surface area contributed by atoms with Crippen molar-refractivity contribution >= 4 is 27.4 Å². The van der Waals surface area contributed by atoms with Crippen LogP contribution >= 0.6 is 11.6 Å². The molecular formula is C21H19ClN2O4S. The third-order valence-electron chi connectivity index (χ3n) is 4.86. The molecule has 3 aromatic rings. The number of carbonyl (C=O) groups is 1. The van der Waals surface area contributed by atoms with Crippen molar-refractivity contribution < 1.29 is 17.9 Å². The molecule has 0 radical (unpaired) electrons. The first-order valence-electron chi connectivity index (χ1n) is 9.18. The van der Waals surface area contributed by atoms with Crippen LogP contribution in [0, 0.1) is 5.92 Å². The topological polar surface area (TPSA) is 78.3 Å². The van der Waals surface area contributed by atoms with E-state index in [9.17, 15) is 13.2 Å². The van der Waals surface area contributed by atoms with Crippen LogP contribution in [0.25, 0.3) is 16.9 Å². The quantitative estimate of drug-likeness (QED) is 0.577. The van der Waals surface area contributed by atoms with Crippen molar-refractivity contribution in [3.8, 4) is 16.9 Å². The zero-order valence-electron chi connectivity index (χ0n) is 15.5. The number of para-hydroxylation sites is 1. The van der Waals surface area contributed by atoms with Crippen LogP contribution in [0.3, 0.4) is 0 Å². The van der Waals surface area contributed by atoms with Crippen LogP contribution in [0.2, 0.25) is 5.02 Å². The van der Waals surface area contributed by atoms with Crippen LogP contribution in [0.15, 0.2) is 60.8 Å². The van der Waals surface area contributed by atoms with Gasteiger partial charge in [0.05, 0.1) is 28.8 Å². The number of sulfone groups is 1. The third-order valence-corrected chi connectivity index (χ3v) is 6.88. The molecule has 2 heterocycles. The van der Waals surface area contributed by atoms with E-state index in [0.29, 0.717) is 17.1 Å². The molecule has 1 aromatic heterocycles. The Kier molecular flexibility index (Phi) is 5.43. The maximum Gasteiger partial charge on any atom is 0.310 e. The summed E-state index contributed by atoms with van der Waals surface area (Å²) in [7, 11) is -3.14. The van der Waals surface area contributed by atoms with Crippen molar-refractivity contribution in [1.29, 1.82) is 0 Å². The maximum atomic E-state index is 12.3. The van der Waals surface area contributed by atoms with E-state index in [-0.39, 0.29) is 18.1 Å². The largest absolute Gasteiger partial charge is 0.460 e. The number of nitrogens with zero attached hydrogens (tertiary/aromatic N) is 2. The zero-order valence-corrected chi connectivity index (χ0v) is 17.1. The van der Waals surface area contributed by atoms with E-state index in [1.165, 1.54) is 0 Å². The van der Waals surface area contributed by atoms with E-state index in [2.05, 4.69) is 5.10 Å². The van der Waals surface area contributed by atoms with E-state index >= 15 is 0 Å². The van der Waals surface area contributed by atoms with Gasteiger partial charge in [0.15, 0.2) is 9.84 Å². The predicted molar refractivity (Wildman–Crippen MR) is 111 cm³/mol. The van der Waals surface area contributed by atoms with Crippen molar-refractivity contribution in [3.05, 3.63) is 71.4 Å². The van der Waals surface area contributed by atoms with Gasteiger partial charge in [0.1, 0.15) is 6.61 Å². The first kappa shape index (κ1) is 19.7. The van der Waals surface area contributed by atoms with Gasteiger partial charge in [0, 0.05) is 22.3 Å². The molecule has 29 heavy (non-hydrogen) atoms. The second-order valence-electron chi connectivity index (χ2n) is 7.00. The van der Waals surface area contributed by atoms with E-state index in [4.69, 9.17) is 16.3 Å². The second-order valence-corrected chi connectivity index (χ2v) is 9.66. The lowest BCUT2D eigenvalue weighted by Gasteiger charge is -2.09. The van der Waals surface area contributed by atoms with E-state index in [0.717, 1.165) is 16.8 Å². The van der Waals surface area contributed by atoms with Crippen molar-refractivity contribution in [2.75, 3.05) is 11.5 Å². The molecule has 0 amide bonds. The van der Waals surface area contributed by atoms with Gasteiger partial charge in [-0.2, -0.15) is 5.10 Å². The number of aromatic nitrogens is 2. The minimum absolute atomic E-state index is 0.0141. The lowest BCUT2D eigenvalue weighted by atomic mass is 10.1. The summed E-state index contributed by atoms with van der Waals surface area (Å²) in [6, 6.07) is 16.9. The Labute approximate surface area is 174 Å². The first-order valence-corrected chi connectivity index (χ1v) is 11.4. The molecule has 0 saturated carbocycles. The van der Waals surface area contributed by atoms with Gasteiger partial charge in [0.25, 0.3) is 0 Å². The molecule has 150 valence electrons. The Balaban J connectivity index is 1.60. The molecule has 8 heteroatoms. The average molecular weight is 431 g/mol. The average Bonchev–Trinajstić information content (AvgIpc) is 3.31. The van der Waals surface area contributed by atoms with Gasteiger partial charge in [-0.25, -0.2) is 13.1 Å². The maximum absolute atomic E-state index is 12.3. The third kappa shape index (κ3) is 4.52. The number of hydrogen-bond donors (Lipinski definition) is 0. The van der Waals surface area contributed by atoms with Crippen molar-refractivity contribution in [2.24, 2.45) is 5.92 Å². The number of rotatable bonds is 5. The molecule has 1 atom stereocenters. The highest BCUT2D eigenvalue weighted by molar-refractivity contribution is 7.91. The van der Waals surface area contributed by atoms with Gasteiger partial charge in [-0.05, 0) is 30.7 Å². The lowest BCUT2D eigenvalue weighted by Crippen LogP contribution is -2.18. The Bertz CT molecular complexity index is 1130. The highest BCUT2D eigenvalue weighted by Gasteiger charge is 2.34. The van der Waals surface area contributed by atoms with Gasteiger partial charge in [0.2, 0.25) is 0 Å². The van der Waals surface area contributed by atoms with Gasteiger partial charge < -0.3 is 4.74 Å². The summed E-state index contributed by atoms with van der Waals surface area (Å²) in [5.74, 6) is -1.18. The fourth-order valence-corrected chi connectivity index (χ4v) is 5.18. The summed E-state index contributed by atoms with van der Waals surface area (Å²) in [6.07, 6.45) is 2.13. The molecule has 2 aromatic carbocycles. The number of halogens is 1. The molecule has 1 aliphatic rings. The number of ether oxygens (including phenoxy) is 1. The Morgan fingerprint density at radius 2 is 1.86 bits per heavy atom. The van der Waals surface area contributed by atoms with E-state index < -0.39 is 21.7 Å². The monoisotopic (exact) mass is 430 g/mol. The smallest absolute Gasteiger partial charge is 0.310 e. The molecule has 0 N–H and O–H groups in total. The summed E-state index contributed by atoms with van der Waals surface area (Å²) in [5.41, 5.74) is 3.13. The van der Waals surface area contributed by atoms with Gasteiger partial charge >= 0.3 is 5.97 Å². The summed E-state index contributed by atoms with van der Waals surface area (Å²) in [4.78, 5) is 12.3. The summed E-state index contributed by atoms with van der Waals surface area (Å²) in [5, 5.41) is 5.28. The lowest BCUT2D eigenvalue weighted by molar-refractivity contribution is -0.148. The van der Waals surface area contributed by atoms with Crippen molar-refractivity contribution in [2.45, 2.75) is 13.0 Å². The molecule has 1 saturated heterocycles. The zero-order chi connectivity index (χ0) is 20.4. The van der Waals surface area contributed by atoms with Crippen LogP contribution in [0.1, 0.15) is 12.0 Å². The Hall–Kier alpha value is -2.64. The second kappa shape index (κ2) is 8.00. The fourth-order valence-electron chi connectivity index (χ4n) is 3.33. The van der Waals surface area contributed by atoms with Gasteiger partial charge in [-0.15, -0.1) is 0 Å². The summed E-state index contributed by atoms with van der Waals surface area (Å²) >= 11 is 5.99. The molecule has 1 aliphatic heterocycles. The number of esters is 1. The minimum atomic E-state index is -3.14. The highest BCUT2D eigenvalue weighted by Crippen LogP contribution is 2.27. The van der Waals surface area contributed by atoms with Crippen LogP contribution in [0.5, 0.6) is 0 Å². The van der Waals surface area contributed by atoms with Crippen molar-refractivity contribution in [3.63, 3.8) is 0 Å². The van der Waals surface area contributed by atoms with E-state index in [1.54, 1.807) is 16.8 Å². The fraction of sp³-hybridized carbons (Fsp3) is 0.238. The van der Waals surface area contributed by atoms with Crippen LogP contribution < -0.4 is 0 Å². The summed E-state index contributed by atoms with van der Waals surface area (Å²) in [6.45, 7) is 0.0141. The molecule has 0 spiro atoms. The van der Waals surface area contributed by atoms with Gasteiger partial charge in [-0.3, -0.25) is 4.79 Å². The van der Waals surface area contributed by atoms with Crippen LogP contribution in [0.4, 0.5) is 0 Å². The van der Waals surface area contributed by atoms with Crippen LogP contribution in [-0.4, -0.2) is 35.7 Å². The molecular weight excluding hydrogens is 412 g/mol. The number of carbonyl (C=O) groups excluding carboxylic acids is 1. The first-order chi connectivity index (χ1) is 13.9. The number of hydrogen-bond acceptors (Lipinski definition) is 5. The molecule has 6 nitrogen and oxygen atoms in total. The number of benzene rings is 2. The summed E-state index contributed by atoms with van der Waals surface area (Å²) < 4.78 is 30.4. The normalized spacial score (nSPS) is 17.9. The van der Waals surface area contributed by atoms with Crippen LogP contribution in [-0.2, 0) is 26.0 Å². The Morgan fingerprint density at radius 3 is 2.52 bits per heavy atom. The predicted octanol–water partition coefficient (Wildman–Crippen LogP) is 3.67. The van der Waals surface area contributed by atoms with Crippen molar-refractivity contribution in [1.82, 2.24) is 9.78 Å². The molecule has 1 unspecified atom stereocenters. The standard InChI is InChI=1S/C21H19ClN2O4S/c22-18-8-6-15(7-9-18)20-17(12-24(23-20)19-4-2-1-3-5-19)13-28-21(25)16-10-11-29(26,27)14-16/h1-9,12,16H,10-11,13-14H2. The molecule has 4 rings (SSSR count). The van der Waals surface area contributed by atoms with E-state index in [1.807, 2.05) is 48.7 Å². The Morgan fingerprint density at radius 1 is 1.14 bits per heavy atom. The minimum Gasteiger partial charge on any atom is -0.460 e. The SMILES string of the molecule is O=C(OCc1cn(-c2ccccc2)nc1-c1ccc(Cl)cc1)C1CCS(=O)(=O)C1. The molecule has 0 aliphatic carbocycles.